The Kier molecular flexibility index (Phi) is 3.66. The molecule has 1 N–H and O–H groups in total. The third-order valence-corrected chi connectivity index (χ3v) is 2.32. The van der Waals surface area contributed by atoms with Gasteiger partial charge in [-0.15, -0.1) is 0 Å². The van der Waals surface area contributed by atoms with Gasteiger partial charge >= 0.3 is 0 Å². The molecular weight excluding hydrogens is 237 g/mol. The molecule has 1 aromatic carbocycles. The molecule has 0 aliphatic carbocycles. The largest absolute Gasteiger partial charge is 0.352 e. The Balaban J connectivity index is 1.87. The average molecular weight is 249 g/mol. The molecule has 0 saturated heterocycles. The van der Waals surface area contributed by atoms with E-state index in [2.05, 4.69) is 15.5 Å². The van der Waals surface area contributed by atoms with Gasteiger partial charge in [-0.1, -0.05) is 23.4 Å². The molecule has 0 bridgehead atoms. The highest BCUT2D eigenvalue weighted by atomic mass is 19.1. The second kappa shape index (κ2) is 5.39. The van der Waals surface area contributed by atoms with E-state index in [1.807, 2.05) is 0 Å². The number of aryl methyl sites for hydroxylation is 1. The number of benzene rings is 1. The van der Waals surface area contributed by atoms with Gasteiger partial charge in [-0.2, -0.15) is 4.98 Å². The van der Waals surface area contributed by atoms with E-state index in [9.17, 15) is 9.18 Å². The summed E-state index contributed by atoms with van der Waals surface area (Å²) in [7, 11) is 0. The van der Waals surface area contributed by atoms with Crippen molar-refractivity contribution in [3.8, 4) is 0 Å². The van der Waals surface area contributed by atoms with Crippen LogP contribution in [0.5, 0.6) is 0 Å². The molecule has 1 amide bonds. The van der Waals surface area contributed by atoms with Crippen molar-refractivity contribution in [1.82, 2.24) is 15.5 Å². The normalized spacial score (nSPS) is 10.3. The van der Waals surface area contributed by atoms with Crippen LogP contribution in [-0.2, 0) is 17.8 Å². The molecule has 2 aromatic rings. The first kappa shape index (κ1) is 12.2. The molecule has 0 atom stereocenters. The number of halogens is 1. The van der Waals surface area contributed by atoms with Crippen LogP contribution in [0.4, 0.5) is 4.39 Å². The molecule has 0 radical (unpaired) electrons. The number of nitrogens with zero attached hydrogens (tertiary/aromatic N) is 2. The first-order chi connectivity index (χ1) is 8.65. The van der Waals surface area contributed by atoms with Gasteiger partial charge in [0, 0.05) is 19.0 Å². The van der Waals surface area contributed by atoms with Gasteiger partial charge < -0.3 is 9.84 Å². The lowest BCUT2D eigenvalue weighted by atomic mass is 10.2. The van der Waals surface area contributed by atoms with Crippen molar-refractivity contribution in [1.29, 1.82) is 0 Å². The number of aromatic nitrogens is 2. The molecule has 0 fully saturated rings. The van der Waals surface area contributed by atoms with E-state index in [4.69, 9.17) is 4.52 Å². The minimum atomic E-state index is -0.340. The molecule has 0 unspecified atom stereocenters. The van der Waals surface area contributed by atoms with Crippen molar-refractivity contribution in [3.63, 3.8) is 0 Å². The standard InChI is InChI=1S/C12H12FN3O2/c1-8-15-11(16-18-8)6-12(17)14-7-9-4-2-3-5-10(9)13/h2-5H,6-7H2,1H3,(H,14,17). The van der Waals surface area contributed by atoms with Crippen molar-refractivity contribution >= 4 is 5.91 Å². The number of rotatable bonds is 4. The maximum absolute atomic E-state index is 13.3. The topological polar surface area (TPSA) is 68.0 Å². The molecule has 18 heavy (non-hydrogen) atoms. The molecule has 94 valence electrons. The van der Waals surface area contributed by atoms with Crippen molar-refractivity contribution in [2.24, 2.45) is 0 Å². The van der Waals surface area contributed by atoms with E-state index in [0.717, 1.165) is 0 Å². The minimum Gasteiger partial charge on any atom is -0.352 e. The van der Waals surface area contributed by atoms with Crippen LogP contribution >= 0.6 is 0 Å². The molecule has 0 aliphatic rings. The lowest BCUT2D eigenvalue weighted by molar-refractivity contribution is -0.120. The number of carbonyl (C=O) groups excluding carboxylic acids is 1. The third kappa shape index (κ3) is 3.13. The predicted octanol–water partition coefficient (Wildman–Crippen LogP) is 1.38. The molecule has 0 saturated carbocycles. The molecular formula is C12H12FN3O2. The van der Waals surface area contributed by atoms with E-state index in [1.165, 1.54) is 6.07 Å². The summed E-state index contributed by atoms with van der Waals surface area (Å²) in [4.78, 5) is 15.5. The van der Waals surface area contributed by atoms with Crippen LogP contribution < -0.4 is 5.32 Å². The van der Waals surface area contributed by atoms with Crippen LogP contribution in [0.15, 0.2) is 28.8 Å². The molecule has 0 spiro atoms. The fourth-order valence-electron chi connectivity index (χ4n) is 1.45. The van der Waals surface area contributed by atoms with Crippen LogP contribution in [0.2, 0.25) is 0 Å². The molecule has 2 rings (SSSR count). The molecule has 1 heterocycles. The Hall–Kier alpha value is -2.24. The Labute approximate surface area is 103 Å². The summed E-state index contributed by atoms with van der Waals surface area (Å²) in [6, 6.07) is 6.29. The summed E-state index contributed by atoms with van der Waals surface area (Å²) in [6.07, 6.45) is 0.0196. The zero-order valence-corrected chi connectivity index (χ0v) is 9.81. The molecule has 0 aliphatic heterocycles. The number of hydrogen-bond acceptors (Lipinski definition) is 4. The SMILES string of the molecule is Cc1nc(CC(=O)NCc2ccccc2F)no1. The minimum absolute atomic E-state index is 0.0196. The summed E-state index contributed by atoms with van der Waals surface area (Å²) in [5.41, 5.74) is 0.440. The zero-order chi connectivity index (χ0) is 13.0. The van der Waals surface area contributed by atoms with Gasteiger partial charge in [-0.25, -0.2) is 4.39 Å². The first-order valence-corrected chi connectivity index (χ1v) is 5.44. The third-order valence-electron chi connectivity index (χ3n) is 2.32. The van der Waals surface area contributed by atoms with Crippen LogP contribution in [0.25, 0.3) is 0 Å². The number of carbonyl (C=O) groups is 1. The van der Waals surface area contributed by atoms with Crippen molar-refractivity contribution in [2.45, 2.75) is 19.9 Å². The monoisotopic (exact) mass is 249 g/mol. The highest BCUT2D eigenvalue weighted by molar-refractivity contribution is 5.77. The Morgan fingerprint density at radius 3 is 2.89 bits per heavy atom. The fraction of sp³-hybridized carbons (Fsp3) is 0.250. The highest BCUT2D eigenvalue weighted by Gasteiger charge is 2.09. The lowest BCUT2D eigenvalue weighted by Crippen LogP contribution is -2.25. The lowest BCUT2D eigenvalue weighted by Gasteiger charge is -2.04. The smallest absolute Gasteiger partial charge is 0.228 e. The summed E-state index contributed by atoms with van der Waals surface area (Å²) >= 11 is 0. The van der Waals surface area contributed by atoms with Gasteiger partial charge in [0.25, 0.3) is 0 Å². The van der Waals surface area contributed by atoms with E-state index >= 15 is 0 Å². The van der Waals surface area contributed by atoms with Crippen molar-refractivity contribution < 1.29 is 13.7 Å². The van der Waals surface area contributed by atoms with Gasteiger partial charge in [-0.05, 0) is 6.07 Å². The number of amides is 1. The first-order valence-electron chi connectivity index (χ1n) is 5.44. The maximum atomic E-state index is 13.3. The number of nitrogens with one attached hydrogen (secondary N) is 1. The van der Waals surface area contributed by atoms with E-state index in [1.54, 1.807) is 25.1 Å². The van der Waals surface area contributed by atoms with Crippen molar-refractivity contribution in [3.05, 3.63) is 47.4 Å². The van der Waals surface area contributed by atoms with Gasteiger partial charge in [0.15, 0.2) is 5.82 Å². The molecule has 5 nitrogen and oxygen atoms in total. The predicted molar refractivity (Wildman–Crippen MR) is 61.0 cm³/mol. The quantitative estimate of drug-likeness (QED) is 0.888. The van der Waals surface area contributed by atoms with Crippen LogP contribution in [0.3, 0.4) is 0 Å². The summed E-state index contributed by atoms with van der Waals surface area (Å²) in [6.45, 7) is 1.79. The maximum Gasteiger partial charge on any atom is 0.228 e. The Morgan fingerprint density at radius 1 is 1.44 bits per heavy atom. The van der Waals surface area contributed by atoms with Gasteiger partial charge in [0.05, 0.1) is 6.42 Å². The number of hydrogen-bond donors (Lipinski definition) is 1. The van der Waals surface area contributed by atoms with Crippen LogP contribution in [-0.4, -0.2) is 16.0 Å². The summed E-state index contributed by atoms with van der Waals surface area (Å²) in [5.74, 6) is 0.109. The fourth-order valence-corrected chi connectivity index (χ4v) is 1.45. The highest BCUT2D eigenvalue weighted by Crippen LogP contribution is 2.05. The Morgan fingerprint density at radius 2 is 2.22 bits per heavy atom. The molecule has 6 heteroatoms. The van der Waals surface area contributed by atoms with Gasteiger partial charge in [0.2, 0.25) is 11.8 Å². The Bertz CT molecular complexity index is 554. The van der Waals surface area contributed by atoms with Gasteiger partial charge in [-0.3, -0.25) is 4.79 Å². The summed E-state index contributed by atoms with van der Waals surface area (Å²) in [5, 5.41) is 6.20. The average Bonchev–Trinajstić information content (AvgIpc) is 2.74. The van der Waals surface area contributed by atoms with E-state index < -0.39 is 0 Å². The van der Waals surface area contributed by atoms with E-state index in [0.29, 0.717) is 17.3 Å². The van der Waals surface area contributed by atoms with E-state index in [-0.39, 0.29) is 24.7 Å². The molecule has 1 aromatic heterocycles. The summed E-state index contributed by atoms with van der Waals surface area (Å²) < 4.78 is 18.0. The zero-order valence-electron chi connectivity index (χ0n) is 9.81. The van der Waals surface area contributed by atoms with Gasteiger partial charge in [0.1, 0.15) is 5.82 Å². The second-order valence-corrected chi connectivity index (χ2v) is 3.77. The van der Waals surface area contributed by atoms with Crippen molar-refractivity contribution in [2.75, 3.05) is 0 Å². The van der Waals surface area contributed by atoms with Crippen LogP contribution in [0, 0.1) is 12.7 Å². The van der Waals surface area contributed by atoms with Crippen LogP contribution in [0.1, 0.15) is 17.3 Å². The second-order valence-electron chi connectivity index (χ2n) is 3.77.